The van der Waals surface area contributed by atoms with Crippen LogP contribution in [0.1, 0.15) is 18.2 Å². The van der Waals surface area contributed by atoms with Gasteiger partial charge in [-0.2, -0.15) is 0 Å². The Balaban J connectivity index is 2.32. The summed E-state index contributed by atoms with van der Waals surface area (Å²) in [4.78, 5) is 0. The van der Waals surface area contributed by atoms with Crippen molar-refractivity contribution in [3.8, 4) is 11.1 Å². The highest BCUT2D eigenvalue weighted by Crippen LogP contribution is 2.28. The van der Waals surface area contributed by atoms with Crippen molar-refractivity contribution in [1.29, 1.82) is 0 Å². The van der Waals surface area contributed by atoms with Crippen LogP contribution in [0, 0.1) is 6.92 Å². The van der Waals surface area contributed by atoms with Crippen molar-refractivity contribution in [2.24, 2.45) is 0 Å². The predicted octanol–water partition coefficient (Wildman–Crippen LogP) is 4.02. The van der Waals surface area contributed by atoms with E-state index < -0.39 is 0 Å². The Bertz CT molecular complexity index is 505. The van der Waals surface area contributed by atoms with E-state index in [-0.39, 0.29) is 0 Å². The van der Waals surface area contributed by atoms with Crippen LogP contribution in [-0.4, -0.2) is 6.54 Å². The average molecular weight is 250 g/mol. The highest BCUT2D eigenvalue weighted by Gasteiger charge is 2.09. The molecule has 1 heterocycles. The number of halogens is 1. The molecule has 2 nitrogen and oxygen atoms in total. The second-order valence-corrected chi connectivity index (χ2v) is 4.41. The van der Waals surface area contributed by atoms with Gasteiger partial charge in [-0.25, -0.2) is 0 Å². The highest BCUT2D eigenvalue weighted by atomic mass is 35.5. The van der Waals surface area contributed by atoms with Crippen LogP contribution in [0.3, 0.4) is 0 Å². The third kappa shape index (κ3) is 2.71. The molecule has 0 amide bonds. The van der Waals surface area contributed by atoms with Gasteiger partial charge in [0.1, 0.15) is 5.76 Å². The van der Waals surface area contributed by atoms with E-state index in [2.05, 4.69) is 18.3 Å². The summed E-state index contributed by atoms with van der Waals surface area (Å²) in [5, 5.41) is 4.05. The van der Waals surface area contributed by atoms with Crippen molar-refractivity contribution in [2.45, 2.75) is 20.4 Å². The minimum absolute atomic E-state index is 0.740. The van der Waals surface area contributed by atoms with Gasteiger partial charge in [-0.3, -0.25) is 0 Å². The van der Waals surface area contributed by atoms with E-state index in [1.807, 2.05) is 25.1 Å². The largest absolute Gasteiger partial charge is 0.467 e. The SMILES string of the molecule is CCNCc1occc1-c1ccc(C)c(Cl)c1. The van der Waals surface area contributed by atoms with Gasteiger partial charge < -0.3 is 9.73 Å². The van der Waals surface area contributed by atoms with Crippen LogP contribution in [0.15, 0.2) is 34.9 Å². The maximum atomic E-state index is 6.14. The lowest BCUT2D eigenvalue weighted by Gasteiger charge is -2.05. The highest BCUT2D eigenvalue weighted by molar-refractivity contribution is 6.31. The van der Waals surface area contributed by atoms with Crippen molar-refractivity contribution in [1.82, 2.24) is 5.32 Å². The Hall–Kier alpha value is -1.25. The van der Waals surface area contributed by atoms with Gasteiger partial charge in [-0.15, -0.1) is 0 Å². The third-order valence-electron chi connectivity index (χ3n) is 2.76. The molecule has 0 aliphatic rings. The van der Waals surface area contributed by atoms with Crippen LogP contribution in [-0.2, 0) is 6.54 Å². The summed E-state index contributed by atoms with van der Waals surface area (Å²) in [6.07, 6.45) is 1.72. The number of furan rings is 1. The Morgan fingerprint density at radius 2 is 2.12 bits per heavy atom. The number of benzene rings is 1. The van der Waals surface area contributed by atoms with E-state index in [0.29, 0.717) is 0 Å². The van der Waals surface area contributed by atoms with Gasteiger partial charge in [-0.1, -0.05) is 30.7 Å². The summed E-state index contributed by atoms with van der Waals surface area (Å²) in [6.45, 7) is 5.74. The molecule has 3 heteroatoms. The Morgan fingerprint density at radius 3 is 2.82 bits per heavy atom. The van der Waals surface area contributed by atoms with Crippen LogP contribution < -0.4 is 5.32 Å². The van der Waals surface area contributed by atoms with E-state index in [9.17, 15) is 0 Å². The molecule has 17 heavy (non-hydrogen) atoms. The van der Waals surface area contributed by atoms with E-state index in [1.165, 1.54) is 0 Å². The normalized spacial score (nSPS) is 10.8. The van der Waals surface area contributed by atoms with Gasteiger partial charge in [0.25, 0.3) is 0 Å². The van der Waals surface area contributed by atoms with Crippen LogP contribution in [0.5, 0.6) is 0 Å². The van der Waals surface area contributed by atoms with Gasteiger partial charge >= 0.3 is 0 Å². The molecule has 1 aromatic carbocycles. The number of nitrogens with one attached hydrogen (secondary N) is 1. The molecule has 0 fully saturated rings. The molecule has 90 valence electrons. The molecule has 1 aromatic heterocycles. The standard InChI is InChI=1S/C14H16ClNO/c1-3-16-9-14-12(6-7-17-14)11-5-4-10(2)13(15)8-11/h4-8,16H,3,9H2,1-2H3. The van der Waals surface area contributed by atoms with Crippen molar-refractivity contribution < 1.29 is 4.42 Å². The van der Waals surface area contributed by atoms with E-state index in [4.69, 9.17) is 16.0 Å². The molecule has 0 radical (unpaired) electrons. The van der Waals surface area contributed by atoms with Gasteiger partial charge in [0.2, 0.25) is 0 Å². The molecule has 0 unspecified atom stereocenters. The molecule has 0 saturated carbocycles. The molecule has 2 aromatic rings. The quantitative estimate of drug-likeness (QED) is 0.886. The van der Waals surface area contributed by atoms with Crippen LogP contribution in [0.25, 0.3) is 11.1 Å². The van der Waals surface area contributed by atoms with Crippen LogP contribution in [0.4, 0.5) is 0 Å². The second kappa shape index (κ2) is 5.39. The lowest BCUT2D eigenvalue weighted by Crippen LogP contribution is -2.11. The lowest BCUT2D eigenvalue weighted by atomic mass is 10.0. The number of hydrogen-bond acceptors (Lipinski definition) is 2. The zero-order valence-corrected chi connectivity index (χ0v) is 10.8. The summed E-state index contributed by atoms with van der Waals surface area (Å²) < 4.78 is 5.49. The summed E-state index contributed by atoms with van der Waals surface area (Å²) in [5.41, 5.74) is 3.29. The fourth-order valence-corrected chi connectivity index (χ4v) is 1.91. The number of rotatable bonds is 4. The minimum atomic E-state index is 0.740. The first kappa shape index (κ1) is 12.2. The fraction of sp³-hybridized carbons (Fsp3) is 0.286. The molecular formula is C14H16ClNO. The zero-order chi connectivity index (χ0) is 12.3. The summed E-state index contributed by atoms with van der Waals surface area (Å²) in [7, 11) is 0. The second-order valence-electron chi connectivity index (χ2n) is 4.00. The molecule has 0 atom stereocenters. The summed E-state index contributed by atoms with van der Waals surface area (Å²) in [5.74, 6) is 0.951. The van der Waals surface area contributed by atoms with Crippen molar-refractivity contribution >= 4 is 11.6 Å². The molecule has 0 bridgehead atoms. The zero-order valence-electron chi connectivity index (χ0n) is 10.1. The van der Waals surface area contributed by atoms with Crippen molar-refractivity contribution in [3.05, 3.63) is 46.9 Å². The minimum Gasteiger partial charge on any atom is -0.467 e. The first-order chi connectivity index (χ1) is 8.22. The molecule has 2 rings (SSSR count). The topological polar surface area (TPSA) is 25.2 Å². The number of aryl methyl sites for hydroxylation is 1. The molecule has 0 aliphatic heterocycles. The number of hydrogen-bond donors (Lipinski definition) is 1. The molecule has 0 spiro atoms. The molecule has 0 aliphatic carbocycles. The van der Waals surface area contributed by atoms with E-state index >= 15 is 0 Å². The smallest absolute Gasteiger partial charge is 0.125 e. The van der Waals surface area contributed by atoms with Gasteiger partial charge in [0.05, 0.1) is 12.8 Å². The Morgan fingerprint density at radius 1 is 1.29 bits per heavy atom. The van der Waals surface area contributed by atoms with E-state index in [1.54, 1.807) is 6.26 Å². The fourth-order valence-electron chi connectivity index (χ4n) is 1.73. The third-order valence-corrected chi connectivity index (χ3v) is 3.17. The predicted molar refractivity (Wildman–Crippen MR) is 71.3 cm³/mol. The maximum Gasteiger partial charge on any atom is 0.125 e. The van der Waals surface area contributed by atoms with Gasteiger partial charge in [0, 0.05) is 10.6 Å². The maximum absolute atomic E-state index is 6.14. The molecule has 0 saturated heterocycles. The van der Waals surface area contributed by atoms with Gasteiger partial charge in [-0.05, 0) is 36.7 Å². The lowest BCUT2D eigenvalue weighted by molar-refractivity contribution is 0.489. The summed E-state index contributed by atoms with van der Waals surface area (Å²) in [6, 6.07) is 8.06. The van der Waals surface area contributed by atoms with E-state index in [0.717, 1.165) is 40.6 Å². The summed E-state index contributed by atoms with van der Waals surface area (Å²) >= 11 is 6.14. The first-order valence-corrected chi connectivity index (χ1v) is 6.13. The van der Waals surface area contributed by atoms with Gasteiger partial charge in [0.15, 0.2) is 0 Å². The van der Waals surface area contributed by atoms with Crippen LogP contribution in [0.2, 0.25) is 5.02 Å². The van der Waals surface area contributed by atoms with Crippen LogP contribution >= 0.6 is 11.6 Å². The molecule has 1 N–H and O–H groups in total. The monoisotopic (exact) mass is 249 g/mol. The van der Waals surface area contributed by atoms with Crippen molar-refractivity contribution in [3.63, 3.8) is 0 Å². The Kier molecular flexibility index (Phi) is 3.87. The van der Waals surface area contributed by atoms with Crippen molar-refractivity contribution in [2.75, 3.05) is 6.54 Å². The average Bonchev–Trinajstić information content (AvgIpc) is 2.78. The Labute approximate surface area is 107 Å². The first-order valence-electron chi connectivity index (χ1n) is 5.76. The molecular weight excluding hydrogens is 234 g/mol.